The van der Waals surface area contributed by atoms with Crippen LogP contribution in [-0.4, -0.2) is 51.1 Å². The van der Waals surface area contributed by atoms with Crippen LogP contribution < -0.4 is 20.3 Å². The topological polar surface area (TPSA) is 73.9 Å². The summed E-state index contributed by atoms with van der Waals surface area (Å²) in [7, 11) is 5.69. The summed E-state index contributed by atoms with van der Waals surface area (Å²) in [6.07, 6.45) is 0. The van der Waals surface area contributed by atoms with Gasteiger partial charge in [-0.15, -0.1) is 11.3 Å². The van der Waals surface area contributed by atoms with Crippen LogP contribution in [0.3, 0.4) is 0 Å². The van der Waals surface area contributed by atoms with Gasteiger partial charge in [-0.25, -0.2) is 4.79 Å². The molecule has 0 aliphatic carbocycles. The SMILES string of the molecule is Cc1ccsc1C(CNC(=O)Nc1ccc2c(c1)N(C)C(=O)CO2)N(C)C. The summed E-state index contributed by atoms with van der Waals surface area (Å²) >= 11 is 1.69. The van der Waals surface area contributed by atoms with Crippen LogP contribution in [-0.2, 0) is 4.79 Å². The fourth-order valence-corrected chi connectivity index (χ4v) is 4.07. The van der Waals surface area contributed by atoms with E-state index in [1.54, 1.807) is 36.6 Å². The van der Waals surface area contributed by atoms with Crippen molar-refractivity contribution in [3.05, 3.63) is 40.1 Å². The number of rotatable bonds is 5. The Morgan fingerprint density at radius 3 is 2.81 bits per heavy atom. The predicted octanol–water partition coefficient (Wildman–Crippen LogP) is 2.84. The molecule has 1 aromatic heterocycles. The van der Waals surface area contributed by atoms with Crippen LogP contribution in [0.4, 0.5) is 16.2 Å². The molecule has 2 N–H and O–H groups in total. The van der Waals surface area contributed by atoms with Crippen molar-refractivity contribution in [3.8, 4) is 5.75 Å². The molecule has 0 saturated heterocycles. The maximum atomic E-state index is 12.4. The number of anilines is 2. The highest BCUT2D eigenvalue weighted by Crippen LogP contribution is 2.33. The number of hydrogen-bond donors (Lipinski definition) is 2. The van der Waals surface area contributed by atoms with Crippen molar-refractivity contribution in [2.24, 2.45) is 0 Å². The molecule has 1 atom stereocenters. The number of thiophene rings is 1. The van der Waals surface area contributed by atoms with Crippen molar-refractivity contribution in [3.63, 3.8) is 0 Å². The number of carbonyl (C=O) groups excluding carboxylic acids is 2. The van der Waals surface area contributed by atoms with E-state index in [2.05, 4.69) is 33.9 Å². The lowest BCUT2D eigenvalue weighted by atomic mass is 10.1. The van der Waals surface area contributed by atoms with Crippen LogP contribution >= 0.6 is 11.3 Å². The third kappa shape index (κ3) is 4.23. The molecule has 3 amide bonds. The van der Waals surface area contributed by atoms with E-state index in [-0.39, 0.29) is 24.6 Å². The molecular weight excluding hydrogens is 364 g/mol. The van der Waals surface area contributed by atoms with E-state index in [0.29, 0.717) is 23.7 Å². The van der Waals surface area contributed by atoms with Crippen LogP contribution in [0.15, 0.2) is 29.6 Å². The van der Waals surface area contributed by atoms with Crippen LogP contribution in [0.5, 0.6) is 5.75 Å². The van der Waals surface area contributed by atoms with Crippen LogP contribution in [0, 0.1) is 6.92 Å². The highest BCUT2D eigenvalue weighted by atomic mass is 32.1. The Morgan fingerprint density at radius 1 is 1.37 bits per heavy atom. The first kappa shape index (κ1) is 19.2. The second-order valence-corrected chi connectivity index (χ2v) is 7.65. The van der Waals surface area contributed by atoms with Crippen LogP contribution in [0.1, 0.15) is 16.5 Å². The largest absolute Gasteiger partial charge is 0.482 e. The standard InChI is InChI=1S/C19H24N4O3S/c1-12-7-8-27-18(12)15(22(2)3)10-20-19(25)21-13-5-6-16-14(9-13)23(4)17(24)11-26-16/h5-9,15H,10-11H2,1-4H3,(H2,20,21,25). The first-order valence-electron chi connectivity index (χ1n) is 8.65. The quantitative estimate of drug-likeness (QED) is 0.826. The Kier molecular flexibility index (Phi) is 5.67. The zero-order valence-corrected chi connectivity index (χ0v) is 16.7. The number of hydrogen-bond acceptors (Lipinski definition) is 5. The molecule has 144 valence electrons. The molecule has 0 bridgehead atoms. The number of amides is 3. The molecule has 7 nitrogen and oxygen atoms in total. The minimum absolute atomic E-state index is 0.0326. The zero-order chi connectivity index (χ0) is 19.6. The van der Waals surface area contributed by atoms with E-state index in [0.717, 1.165) is 0 Å². The second kappa shape index (κ2) is 7.98. The molecule has 1 aliphatic heterocycles. The van der Waals surface area contributed by atoms with Crippen molar-refractivity contribution >= 4 is 34.6 Å². The highest BCUT2D eigenvalue weighted by molar-refractivity contribution is 7.10. The van der Waals surface area contributed by atoms with E-state index in [4.69, 9.17) is 4.74 Å². The average molecular weight is 388 g/mol. The van der Waals surface area contributed by atoms with Crippen LogP contribution in [0.2, 0.25) is 0 Å². The van der Waals surface area contributed by atoms with Gasteiger partial charge in [-0.2, -0.15) is 0 Å². The molecule has 3 rings (SSSR count). The Labute approximate surface area is 162 Å². The maximum absolute atomic E-state index is 12.4. The van der Waals surface area contributed by atoms with Gasteiger partial charge in [0.05, 0.1) is 11.7 Å². The Hall–Kier alpha value is -2.58. The molecule has 1 aromatic carbocycles. The molecule has 1 unspecified atom stereocenters. The van der Waals surface area contributed by atoms with Gasteiger partial charge in [0.1, 0.15) is 5.75 Å². The number of nitrogens with one attached hydrogen (secondary N) is 2. The van der Waals surface area contributed by atoms with Gasteiger partial charge in [-0.1, -0.05) is 0 Å². The molecule has 27 heavy (non-hydrogen) atoms. The summed E-state index contributed by atoms with van der Waals surface area (Å²) < 4.78 is 5.40. The summed E-state index contributed by atoms with van der Waals surface area (Å²) in [5.74, 6) is 0.508. The van der Waals surface area contributed by atoms with E-state index < -0.39 is 0 Å². The number of benzene rings is 1. The smallest absolute Gasteiger partial charge is 0.319 e. The minimum Gasteiger partial charge on any atom is -0.482 e. The molecule has 2 aromatic rings. The molecule has 1 aliphatic rings. The summed E-state index contributed by atoms with van der Waals surface area (Å²) in [5.41, 5.74) is 2.47. The number of likely N-dealkylation sites (N-methyl/N-ethyl adjacent to an activating group) is 2. The predicted molar refractivity (Wildman–Crippen MR) is 108 cm³/mol. The van der Waals surface area contributed by atoms with Gasteiger partial charge in [0.25, 0.3) is 5.91 Å². The van der Waals surface area contributed by atoms with Gasteiger partial charge < -0.3 is 25.2 Å². The van der Waals surface area contributed by atoms with E-state index in [1.807, 2.05) is 14.1 Å². The third-order valence-corrected chi connectivity index (χ3v) is 5.71. The molecule has 0 spiro atoms. The fraction of sp³-hybridized carbons (Fsp3) is 0.368. The van der Waals surface area contributed by atoms with Gasteiger partial charge in [-0.05, 0) is 56.2 Å². The molecule has 0 saturated carbocycles. The molecule has 8 heteroatoms. The Bertz CT molecular complexity index is 849. The molecule has 0 radical (unpaired) electrons. The zero-order valence-electron chi connectivity index (χ0n) is 15.9. The monoisotopic (exact) mass is 388 g/mol. The number of ether oxygens (including phenoxy) is 1. The number of fused-ring (bicyclic) bond motifs is 1. The van der Waals surface area contributed by atoms with Crippen molar-refractivity contribution in [2.45, 2.75) is 13.0 Å². The lowest BCUT2D eigenvalue weighted by molar-refractivity contribution is -0.120. The first-order valence-corrected chi connectivity index (χ1v) is 9.53. The van der Waals surface area contributed by atoms with Gasteiger partial charge in [0.2, 0.25) is 0 Å². The minimum atomic E-state index is -0.290. The Balaban J connectivity index is 1.64. The summed E-state index contributed by atoms with van der Waals surface area (Å²) in [5, 5.41) is 7.82. The number of carbonyl (C=O) groups is 2. The van der Waals surface area contributed by atoms with Gasteiger partial charge in [0, 0.05) is 24.2 Å². The molecular formula is C19H24N4O3S. The fourth-order valence-electron chi connectivity index (χ4n) is 2.95. The van der Waals surface area contributed by atoms with Gasteiger partial charge in [-0.3, -0.25) is 4.79 Å². The van der Waals surface area contributed by atoms with Crippen molar-refractivity contribution in [1.29, 1.82) is 0 Å². The lowest BCUT2D eigenvalue weighted by Gasteiger charge is -2.26. The van der Waals surface area contributed by atoms with E-state index in [1.165, 1.54) is 15.3 Å². The van der Waals surface area contributed by atoms with Crippen molar-refractivity contribution < 1.29 is 14.3 Å². The maximum Gasteiger partial charge on any atom is 0.319 e. The molecule has 2 heterocycles. The van der Waals surface area contributed by atoms with Gasteiger partial charge in [0.15, 0.2) is 6.61 Å². The number of nitrogens with zero attached hydrogens (tertiary/aromatic N) is 2. The van der Waals surface area contributed by atoms with E-state index >= 15 is 0 Å². The summed E-state index contributed by atoms with van der Waals surface area (Å²) in [6, 6.07) is 7.15. The van der Waals surface area contributed by atoms with Crippen molar-refractivity contribution in [1.82, 2.24) is 10.2 Å². The van der Waals surface area contributed by atoms with Crippen molar-refractivity contribution in [2.75, 3.05) is 44.5 Å². The lowest BCUT2D eigenvalue weighted by Crippen LogP contribution is -2.37. The Morgan fingerprint density at radius 2 is 2.15 bits per heavy atom. The first-order chi connectivity index (χ1) is 12.9. The summed E-state index contributed by atoms with van der Waals surface area (Å²) in [6.45, 7) is 2.60. The summed E-state index contributed by atoms with van der Waals surface area (Å²) in [4.78, 5) is 29.0. The molecule has 0 fully saturated rings. The number of urea groups is 1. The average Bonchev–Trinajstić information content (AvgIpc) is 3.04. The van der Waals surface area contributed by atoms with Gasteiger partial charge >= 0.3 is 6.03 Å². The third-order valence-electron chi connectivity index (χ3n) is 4.59. The van der Waals surface area contributed by atoms with Crippen LogP contribution in [0.25, 0.3) is 0 Å². The normalized spacial score (nSPS) is 14.6. The number of aryl methyl sites for hydroxylation is 1. The van der Waals surface area contributed by atoms with E-state index in [9.17, 15) is 9.59 Å². The second-order valence-electron chi connectivity index (χ2n) is 6.71. The highest BCUT2D eigenvalue weighted by Gasteiger charge is 2.23.